The van der Waals surface area contributed by atoms with Gasteiger partial charge in [-0.2, -0.15) is 0 Å². The molecule has 0 fully saturated rings. The zero-order valence-corrected chi connectivity index (χ0v) is 11.5. The first-order valence-corrected chi connectivity index (χ1v) is 6.60. The maximum absolute atomic E-state index is 11.0. The van der Waals surface area contributed by atoms with E-state index >= 15 is 0 Å². The number of carboxylic acids is 1. The standard InChI is InChI=1S/C17H16O3/c1-17(2)10-14-9-12(6-7-15(14)20-17)11-4-3-5-13(8-11)16(18)19/h3-9H,10H2,1-2H3,(H,18,19). The molecule has 3 rings (SSSR count). The van der Waals surface area contributed by atoms with Gasteiger partial charge in [0, 0.05) is 6.42 Å². The molecule has 0 saturated heterocycles. The van der Waals surface area contributed by atoms with Crippen molar-refractivity contribution in [3.05, 3.63) is 53.6 Å². The third-order valence-corrected chi connectivity index (χ3v) is 3.51. The number of ether oxygens (including phenoxy) is 1. The van der Waals surface area contributed by atoms with Crippen molar-refractivity contribution in [1.29, 1.82) is 0 Å². The van der Waals surface area contributed by atoms with E-state index in [1.165, 1.54) is 5.56 Å². The summed E-state index contributed by atoms with van der Waals surface area (Å²) < 4.78 is 5.85. The molecule has 3 nitrogen and oxygen atoms in total. The van der Waals surface area contributed by atoms with Crippen LogP contribution >= 0.6 is 0 Å². The minimum atomic E-state index is -0.905. The molecular formula is C17H16O3. The van der Waals surface area contributed by atoms with E-state index in [2.05, 4.69) is 19.9 Å². The Kier molecular flexibility index (Phi) is 2.78. The molecular weight excluding hydrogens is 252 g/mol. The molecule has 102 valence electrons. The summed E-state index contributed by atoms with van der Waals surface area (Å²) in [4.78, 5) is 11.0. The molecule has 0 aliphatic carbocycles. The quantitative estimate of drug-likeness (QED) is 0.902. The van der Waals surface area contributed by atoms with E-state index < -0.39 is 5.97 Å². The smallest absolute Gasteiger partial charge is 0.335 e. The van der Waals surface area contributed by atoms with Gasteiger partial charge in [-0.25, -0.2) is 4.79 Å². The lowest BCUT2D eigenvalue weighted by atomic mass is 9.97. The molecule has 0 unspecified atom stereocenters. The Morgan fingerprint density at radius 3 is 2.65 bits per heavy atom. The molecule has 0 saturated carbocycles. The molecule has 0 bridgehead atoms. The lowest BCUT2D eigenvalue weighted by molar-refractivity contribution is 0.0697. The molecule has 2 aromatic carbocycles. The van der Waals surface area contributed by atoms with Gasteiger partial charge in [-0.05, 0) is 54.8 Å². The van der Waals surface area contributed by atoms with Gasteiger partial charge in [-0.1, -0.05) is 18.2 Å². The fourth-order valence-electron chi connectivity index (χ4n) is 2.62. The molecule has 1 aliphatic rings. The Bertz CT molecular complexity index is 686. The minimum Gasteiger partial charge on any atom is -0.487 e. The molecule has 1 aliphatic heterocycles. The zero-order valence-electron chi connectivity index (χ0n) is 11.5. The van der Waals surface area contributed by atoms with Gasteiger partial charge in [0.25, 0.3) is 0 Å². The van der Waals surface area contributed by atoms with Gasteiger partial charge in [-0.15, -0.1) is 0 Å². The molecule has 2 aromatic rings. The second kappa shape index (κ2) is 4.37. The van der Waals surface area contributed by atoms with Crippen LogP contribution in [0.3, 0.4) is 0 Å². The number of fused-ring (bicyclic) bond motifs is 1. The van der Waals surface area contributed by atoms with Crippen molar-refractivity contribution in [3.63, 3.8) is 0 Å². The van der Waals surface area contributed by atoms with Crippen LogP contribution in [0.1, 0.15) is 29.8 Å². The maximum atomic E-state index is 11.0. The van der Waals surface area contributed by atoms with Crippen molar-refractivity contribution >= 4 is 5.97 Å². The van der Waals surface area contributed by atoms with E-state index in [4.69, 9.17) is 9.84 Å². The van der Waals surface area contributed by atoms with E-state index in [0.29, 0.717) is 5.56 Å². The van der Waals surface area contributed by atoms with Crippen molar-refractivity contribution in [2.45, 2.75) is 25.9 Å². The number of rotatable bonds is 2. The molecule has 3 heteroatoms. The van der Waals surface area contributed by atoms with E-state index in [-0.39, 0.29) is 5.60 Å². The van der Waals surface area contributed by atoms with Crippen LogP contribution in [-0.4, -0.2) is 16.7 Å². The number of hydrogen-bond donors (Lipinski definition) is 1. The van der Waals surface area contributed by atoms with Crippen LogP contribution < -0.4 is 4.74 Å². The summed E-state index contributed by atoms with van der Waals surface area (Å²) in [5.41, 5.74) is 3.25. The Balaban J connectivity index is 2.01. The van der Waals surface area contributed by atoms with Crippen LogP contribution in [0.2, 0.25) is 0 Å². The van der Waals surface area contributed by atoms with Crippen molar-refractivity contribution in [2.24, 2.45) is 0 Å². The molecule has 0 spiro atoms. The second-order valence-corrected chi connectivity index (χ2v) is 5.75. The van der Waals surface area contributed by atoms with Gasteiger partial charge in [0.05, 0.1) is 5.56 Å². The Labute approximate surface area is 117 Å². The summed E-state index contributed by atoms with van der Waals surface area (Å²) in [6.07, 6.45) is 0.870. The summed E-state index contributed by atoms with van der Waals surface area (Å²) in [7, 11) is 0. The molecule has 0 atom stereocenters. The largest absolute Gasteiger partial charge is 0.487 e. The number of aromatic carboxylic acids is 1. The van der Waals surface area contributed by atoms with Crippen molar-refractivity contribution in [3.8, 4) is 16.9 Å². The number of hydrogen-bond acceptors (Lipinski definition) is 2. The summed E-state index contributed by atoms with van der Waals surface area (Å²) in [5.74, 6) is 0.0191. The van der Waals surface area contributed by atoms with Crippen LogP contribution in [-0.2, 0) is 6.42 Å². The molecule has 0 radical (unpaired) electrons. The van der Waals surface area contributed by atoms with Crippen LogP contribution in [0.4, 0.5) is 0 Å². The van der Waals surface area contributed by atoms with Gasteiger partial charge < -0.3 is 9.84 Å². The molecule has 0 amide bonds. The highest BCUT2D eigenvalue weighted by Gasteiger charge is 2.29. The summed E-state index contributed by atoms with van der Waals surface area (Å²) in [6, 6.07) is 13.0. The van der Waals surface area contributed by atoms with E-state index in [1.54, 1.807) is 18.2 Å². The average molecular weight is 268 g/mol. The Hall–Kier alpha value is -2.29. The number of carboxylic acid groups (broad SMARTS) is 1. The second-order valence-electron chi connectivity index (χ2n) is 5.75. The van der Waals surface area contributed by atoms with Crippen LogP contribution in [0, 0.1) is 0 Å². The van der Waals surface area contributed by atoms with Crippen molar-refractivity contribution in [2.75, 3.05) is 0 Å². The lowest BCUT2D eigenvalue weighted by Crippen LogP contribution is -2.24. The third-order valence-electron chi connectivity index (χ3n) is 3.51. The number of benzene rings is 2. The average Bonchev–Trinajstić information content (AvgIpc) is 2.71. The van der Waals surface area contributed by atoms with Crippen molar-refractivity contribution < 1.29 is 14.6 Å². The van der Waals surface area contributed by atoms with Gasteiger partial charge in [-0.3, -0.25) is 0 Å². The monoisotopic (exact) mass is 268 g/mol. The molecule has 20 heavy (non-hydrogen) atoms. The third kappa shape index (κ3) is 2.27. The van der Waals surface area contributed by atoms with Crippen LogP contribution in [0.15, 0.2) is 42.5 Å². The maximum Gasteiger partial charge on any atom is 0.335 e. The fraction of sp³-hybridized carbons (Fsp3) is 0.235. The Morgan fingerprint density at radius 2 is 1.90 bits per heavy atom. The highest BCUT2D eigenvalue weighted by Crippen LogP contribution is 2.37. The topological polar surface area (TPSA) is 46.5 Å². The first-order chi connectivity index (χ1) is 9.44. The first-order valence-electron chi connectivity index (χ1n) is 6.60. The van der Waals surface area contributed by atoms with E-state index in [1.807, 2.05) is 18.2 Å². The van der Waals surface area contributed by atoms with Gasteiger partial charge in [0.1, 0.15) is 11.4 Å². The SMILES string of the molecule is CC1(C)Cc2cc(-c3cccc(C(=O)O)c3)ccc2O1. The summed E-state index contributed by atoms with van der Waals surface area (Å²) in [5, 5.41) is 9.06. The highest BCUT2D eigenvalue weighted by molar-refractivity contribution is 5.89. The Morgan fingerprint density at radius 1 is 1.15 bits per heavy atom. The summed E-state index contributed by atoms with van der Waals surface area (Å²) >= 11 is 0. The lowest BCUT2D eigenvalue weighted by Gasteiger charge is -2.16. The van der Waals surface area contributed by atoms with Gasteiger partial charge in [0.2, 0.25) is 0 Å². The fourth-order valence-corrected chi connectivity index (χ4v) is 2.62. The minimum absolute atomic E-state index is 0.163. The molecule has 0 aromatic heterocycles. The predicted molar refractivity (Wildman–Crippen MR) is 77.2 cm³/mol. The van der Waals surface area contributed by atoms with E-state index in [0.717, 1.165) is 23.3 Å². The van der Waals surface area contributed by atoms with Gasteiger partial charge in [0.15, 0.2) is 0 Å². The zero-order chi connectivity index (χ0) is 14.3. The number of carbonyl (C=O) groups is 1. The summed E-state index contributed by atoms with van der Waals surface area (Å²) in [6.45, 7) is 4.13. The predicted octanol–water partition coefficient (Wildman–Crippen LogP) is 3.77. The van der Waals surface area contributed by atoms with Crippen LogP contribution in [0.5, 0.6) is 5.75 Å². The molecule has 1 N–H and O–H groups in total. The van der Waals surface area contributed by atoms with Gasteiger partial charge >= 0.3 is 5.97 Å². The first kappa shape index (κ1) is 12.7. The highest BCUT2D eigenvalue weighted by atomic mass is 16.5. The van der Waals surface area contributed by atoms with Crippen LogP contribution in [0.25, 0.3) is 11.1 Å². The molecule has 1 heterocycles. The normalized spacial score (nSPS) is 15.5. The van der Waals surface area contributed by atoms with E-state index in [9.17, 15) is 4.79 Å². The van der Waals surface area contributed by atoms with Crippen molar-refractivity contribution in [1.82, 2.24) is 0 Å².